The van der Waals surface area contributed by atoms with Gasteiger partial charge in [0.25, 0.3) is 0 Å². The van der Waals surface area contributed by atoms with Crippen molar-refractivity contribution >= 4 is 21.6 Å². The Kier molecular flexibility index (Phi) is 3.81. The van der Waals surface area contributed by atoms with Crippen LogP contribution in [0.2, 0.25) is 0 Å². The summed E-state index contributed by atoms with van der Waals surface area (Å²) in [7, 11) is 2.24. The molecule has 2 saturated heterocycles. The van der Waals surface area contributed by atoms with E-state index in [9.17, 15) is 4.39 Å². The summed E-state index contributed by atoms with van der Waals surface area (Å²) in [5.74, 6) is -0.0999. The number of likely N-dealkylation sites (N-methyl/N-ethyl adjacent to an activating group) is 1. The van der Waals surface area contributed by atoms with E-state index in [1.807, 2.05) is 6.07 Å². The molecule has 0 spiro atoms. The van der Waals surface area contributed by atoms with Gasteiger partial charge in [0.2, 0.25) is 0 Å². The number of rotatable bonds is 2. The Balaban J connectivity index is 1.89. The monoisotopic (exact) mass is 326 g/mol. The molecule has 0 amide bonds. The van der Waals surface area contributed by atoms with Gasteiger partial charge >= 0.3 is 0 Å². The first kappa shape index (κ1) is 13.4. The normalized spacial score (nSPS) is 27.6. The highest BCUT2D eigenvalue weighted by Gasteiger charge is 2.35. The third-order valence-electron chi connectivity index (χ3n) is 4.72. The Hall–Kier alpha value is -0.610. The van der Waals surface area contributed by atoms with Crippen molar-refractivity contribution in [3.8, 4) is 0 Å². The molecule has 2 aliphatic rings. The summed E-state index contributed by atoms with van der Waals surface area (Å²) in [6.07, 6.45) is 3.78. The van der Waals surface area contributed by atoms with E-state index < -0.39 is 0 Å². The fourth-order valence-electron chi connectivity index (χ4n) is 3.50. The van der Waals surface area contributed by atoms with Crippen LogP contribution in [0, 0.1) is 5.82 Å². The number of alkyl halides is 1. The fraction of sp³-hybridized carbons (Fsp3) is 0.600. The number of halogens is 2. The van der Waals surface area contributed by atoms with Crippen molar-refractivity contribution in [3.05, 3.63) is 29.6 Å². The largest absolute Gasteiger partial charge is 0.370 e. The van der Waals surface area contributed by atoms with E-state index in [4.69, 9.17) is 0 Å². The predicted octanol–water partition coefficient (Wildman–Crippen LogP) is 3.39. The molecule has 4 heteroatoms. The molecular weight excluding hydrogens is 307 g/mol. The highest BCUT2D eigenvalue weighted by atomic mass is 79.9. The molecular formula is C15H20BrFN2. The van der Waals surface area contributed by atoms with Crippen LogP contribution in [-0.2, 0) is 5.33 Å². The number of nitrogens with zero attached hydrogens (tertiary/aromatic N) is 2. The summed E-state index contributed by atoms with van der Waals surface area (Å²) in [5.41, 5.74) is 1.86. The molecule has 104 valence electrons. The maximum atomic E-state index is 13.9. The zero-order chi connectivity index (χ0) is 13.4. The molecule has 0 radical (unpaired) electrons. The zero-order valence-corrected chi connectivity index (χ0v) is 12.9. The van der Waals surface area contributed by atoms with Crippen molar-refractivity contribution in [2.45, 2.75) is 36.7 Å². The lowest BCUT2D eigenvalue weighted by molar-refractivity contribution is 0.254. The summed E-state index contributed by atoms with van der Waals surface area (Å²) in [6.45, 7) is 2.06. The van der Waals surface area contributed by atoms with Gasteiger partial charge in [0, 0.05) is 41.8 Å². The molecule has 2 fully saturated rings. The first-order chi connectivity index (χ1) is 9.20. The summed E-state index contributed by atoms with van der Waals surface area (Å²) in [4.78, 5) is 4.90. The molecule has 0 aromatic heterocycles. The molecule has 3 rings (SSSR count). The lowest BCUT2D eigenvalue weighted by atomic mass is 10.1. The van der Waals surface area contributed by atoms with Crippen molar-refractivity contribution in [3.63, 3.8) is 0 Å². The minimum atomic E-state index is -0.0999. The third-order valence-corrected chi connectivity index (χ3v) is 5.28. The van der Waals surface area contributed by atoms with Crippen molar-refractivity contribution in [2.75, 3.05) is 25.0 Å². The van der Waals surface area contributed by atoms with Crippen molar-refractivity contribution in [2.24, 2.45) is 0 Å². The van der Waals surface area contributed by atoms with Crippen LogP contribution in [0.3, 0.4) is 0 Å². The van der Waals surface area contributed by atoms with Gasteiger partial charge in [0.15, 0.2) is 0 Å². The van der Waals surface area contributed by atoms with Gasteiger partial charge in [-0.15, -0.1) is 0 Å². The summed E-state index contributed by atoms with van der Waals surface area (Å²) in [6, 6.07) is 6.77. The Bertz CT molecular complexity index is 465. The highest BCUT2D eigenvalue weighted by Crippen LogP contribution is 2.33. The average Bonchev–Trinajstić information content (AvgIpc) is 2.63. The molecule has 1 aromatic rings. The number of fused-ring (bicyclic) bond motifs is 2. The van der Waals surface area contributed by atoms with Crippen LogP contribution in [0.25, 0.3) is 0 Å². The maximum Gasteiger partial charge on any atom is 0.129 e. The van der Waals surface area contributed by atoms with Crippen LogP contribution in [0.5, 0.6) is 0 Å². The Labute approximate surface area is 122 Å². The van der Waals surface area contributed by atoms with Gasteiger partial charge in [-0.25, -0.2) is 4.39 Å². The summed E-state index contributed by atoms with van der Waals surface area (Å²) >= 11 is 3.42. The lowest BCUT2D eigenvalue weighted by Crippen LogP contribution is -2.37. The summed E-state index contributed by atoms with van der Waals surface area (Å²) in [5, 5.41) is 0.579. The van der Waals surface area contributed by atoms with Crippen LogP contribution in [0.4, 0.5) is 10.1 Å². The Morgan fingerprint density at radius 1 is 1.26 bits per heavy atom. The second kappa shape index (κ2) is 5.41. The van der Waals surface area contributed by atoms with Crippen LogP contribution >= 0.6 is 15.9 Å². The molecule has 2 nitrogen and oxygen atoms in total. The fourth-order valence-corrected chi connectivity index (χ4v) is 4.06. The smallest absolute Gasteiger partial charge is 0.129 e. The predicted molar refractivity (Wildman–Crippen MR) is 80.4 cm³/mol. The van der Waals surface area contributed by atoms with E-state index in [2.05, 4.69) is 38.8 Å². The van der Waals surface area contributed by atoms with E-state index in [1.165, 1.54) is 19.3 Å². The van der Waals surface area contributed by atoms with Crippen LogP contribution in [0.15, 0.2) is 18.2 Å². The van der Waals surface area contributed by atoms with Gasteiger partial charge in [0.1, 0.15) is 5.82 Å². The van der Waals surface area contributed by atoms with Gasteiger partial charge in [0.05, 0.1) is 0 Å². The van der Waals surface area contributed by atoms with E-state index in [1.54, 1.807) is 6.07 Å². The molecule has 0 aliphatic carbocycles. The SMILES string of the molecule is CN1C2CCC1CN(c1cccc(F)c1CBr)CC2. The third kappa shape index (κ3) is 2.40. The van der Waals surface area contributed by atoms with E-state index in [-0.39, 0.29) is 5.82 Å². The molecule has 2 atom stereocenters. The van der Waals surface area contributed by atoms with Gasteiger partial charge < -0.3 is 4.90 Å². The molecule has 2 unspecified atom stereocenters. The van der Waals surface area contributed by atoms with E-state index in [0.29, 0.717) is 11.4 Å². The molecule has 1 aromatic carbocycles. The quantitative estimate of drug-likeness (QED) is 0.768. The van der Waals surface area contributed by atoms with Gasteiger partial charge in [-0.05, 0) is 38.4 Å². The molecule has 2 bridgehead atoms. The van der Waals surface area contributed by atoms with Gasteiger partial charge in [-0.2, -0.15) is 0 Å². The van der Waals surface area contributed by atoms with E-state index >= 15 is 0 Å². The number of benzene rings is 1. The first-order valence-electron chi connectivity index (χ1n) is 7.01. The Morgan fingerprint density at radius 2 is 2.05 bits per heavy atom. The standard InChI is InChI=1S/C15H20BrFN2/c1-18-11-5-6-12(18)10-19(8-7-11)15-4-2-3-14(17)13(15)9-16/h2-4,11-12H,5-10H2,1H3. The topological polar surface area (TPSA) is 6.48 Å². The molecule has 2 aliphatic heterocycles. The number of anilines is 1. The van der Waals surface area contributed by atoms with Crippen molar-refractivity contribution in [1.29, 1.82) is 0 Å². The zero-order valence-electron chi connectivity index (χ0n) is 11.3. The van der Waals surface area contributed by atoms with Crippen LogP contribution in [0.1, 0.15) is 24.8 Å². The second-order valence-electron chi connectivity index (χ2n) is 5.66. The van der Waals surface area contributed by atoms with Crippen LogP contribution in [-0.4, -0.2) is 37.1 Å². The average molecular weight is 327 g/mol. The minimum Gasteiger partial charge on any atom is -0.370 e. The molecule has 0 saturated carbocycles. The van der Waals surface area contributed by atoms with Gasteiger partial charge in [-0.3, -0.25) is 4.90 Å². The first-order valence-corrected chi connectivity index (χ1v) is 8.13. The number of hydrogen-bond acceptors (Lipinski definition) is 2. The maximum absolute atomic E-state index is 13.9. The lowest BCUT2D eigenvalue weighted by Gasteiger charge is -2.29. The second-order valence-corrected chi connectivity index (χ2v) is 6.22. The number of hydrogen-bond donors (Lipinski definition) is 0. The van der Waals surface area contributed by atoms with Crippen LogP contribution < -0.4 is 4.90 Å². The Morgan fingerprint density at radius 3 is 2.84 bits per heavy atom. The van der Waals surface area contributed by atoms with E-state index in [0.717, 1.165) is 30.4 Å². The molecule has 19 heavy (non-hydrogen) atoms. The van der Waals surface area contributed by atoms with Crippen molar-refractivity contribution in [1.82, 2.24) is 4.90 Å². The minimum absolute atomic E-state index is 0.0999. The highest BCUT2D eigenvalue weighted by molar-refractivity contribution is 9.08. The van der Waals surface area contributed by atoms with Gasteiger partial charge in [-0.1, -0.05) is 22.0 Å². The molecule has 0 N–H and O–H groups in total. The summed E-state index contributed by atoms with van der Waals surface area (Å²) < 4.78 is 13.9. The molecule has 2 heterocycles. The van der Waals surface area contributed by atoms with Crippen molar-refractivity contribution < 1.29 is 4.39 Å².